The zero-order chi connectivity index (χ0) is 25.2. The maximum atomic E-state index is 13.8. The van der Waals surface area contributed by atoms with Crippen LogP contribution in [0.2, 0.25) is 0 Å². The molecule has 0 aliphatic carbocycles. The lowest BCUT2D eigenvalue weighted by molar-refractivity contribution is -0.136. The molecular formula is C26H33F3N4O2. The Bertz CT molecular complexity index is 1010. The number of carbonyl (C=O) groups excluding carboxylic acids is 1. The maximum absolute atomic E-state index is 13.8. The van der Waals surface area contributed by atoms with E-state index in [4.69, 9.17) is 4.74 Å². The normalized spacial score (nSPS) is 22.3. The van der Waals surface area contributed by atoms with Crippen molar-refractivity contribution in [2.75, 3.05) is 56.5 Å². The van der Waals surface area contributed by atoms with Gasteiger partial charge in [0.05, 0.1) is 23.5 Å². The Morgan fingerprint density at radius 2 is 1.63 bits per heavy atom. The highest BCUT2D eigenvalue weighted by Gasteiger charge is 2.35. The average molecular weight is 491 g/mol. The van der Waals surface area contributed by atoms with Crippen LogP contribution in [0, 0.1) is 0 Å². The van der Waals surface area contributed by atoms with Crippen LogP contribution in [0.5, 0.6) is 0 Å². The number of piperazine rings is 1. The molecule has 2 atom stereocenters. The summed E-state index contributed by atoms with van der Waals surface area (Å²) in [6.45, 7) is 9.38. The van der Waals surface area contributed by atoms with Gasteiger partial charge in [0.15, 0.2) is 0 Å². The molecule has 2 aliphatic rings. The number of amides is 1. The molecule has 2 fully saturated rings. The first kappa shape index (κ1) is 25.5. The van der Waals surface area contributed by atoms with E-state index in [1.807, 2.05) is 37.9 Å². The minimum Gasteiger partial charge on any atom is -0.373 e. The monoisotopic (exact) mass is 490 g/mol. The van der Waals surface area contributed by atoms with Crippen LogP contribution in [-0.2, 0) is 17.5 Å². The Kier molecular flexibility index (Phi) is 7.68. The number of halogens is 3. The zero-order valence-corrected chi connectivity index (χ0v) is 20.4. The first-order valence-electron chi connectivity index (χ1n) is 12.0. The molecule has 190 valence electrons. The second-order valence-electron chi connectivity index (χ2n) is 9.62. The molecule has 1 N–H and O–H groups in total. The summed E-state index contributed by atoms with van der Waals surface area (Å²) in [6, 6.07) is 11.1. The fourth-order valence-electron chi connectivity index (χ4n) is 4.76. The standard InChI is InChI=1S/C26H33F3N4O2/c1-18-15-32(16-19(2)35-18)17-20-4-6-21(7-5-20)25(34)30-24-9-8-22(14-23(24)26(27,28)29)33-12-10-31(3)11-13-33/h4-9,14,18-19H,10-13,15-17H2,1-3H3,(H,30,34). The van der Waals surface area contributed by atoms with Crippen LogP contribution in [0.3, 0.4) is 0 Å². The maximum Gasteiger partial charge on any atom is 0.418 e. The van der Waals surface area contributed by atoms with Gasteiger partial charge in [0.1, 0.15) is 0 Å². The van der Waals surface area contributed by atoms with Gasteiger partial charge in [-0.2, -0.15) is 13.2 Å². The molecule has 0 aromatic heterocycles. The van der Waals surface area contributed by atoms with Gasteiger partial charge in [-0.3, -0.25) is 9.69 Å². The van der Waals surface area contributed by atoms with Crippen LogP contribution in [-0.4, -0.2) is 74.2 Å². The van der Waals surface area contributed by atoms with Gasteiger partial charge >= 0.3 is 6.18 Å². The van der Waals surface area contributed by atoms with E-state index in [2.05, 4.69) is 15.1 Å². The van der Waals surface area contributed by atoms with Crippen LogP contribution >= 0.6 is 0 Å². The summed E-state index contributed by atoms with van der Waals surface area (Å²) in [5.74, 6) is -0.567. The van der Waals surface area contributed by atoms with Crippen molar-refractivity contribution in [3.05, 3.63) is 59.2 Å². The number of benzene rings is 2. The van der Waals surface area contributed by atoms with E-state index in [0.717, 1.165) is 44.4 Å². The first-order valence-corrected chi connectivity index (χ1v) is 12.0. The van der Waals surface area contributed by atoms with E-state index in [1.165, 1.54) is 6.07 Å². The Labute approximate surface area is 204 Å². The lowest BCUT2D eigenvalue weighted by Crippen LogP contribution is -2.44. The van der Waals surface area contributed by atoms with Crippen molar-refractivity contribution in [3.8, 4) is 0 Å². The summed E-state index contributed by atoms with van der Waals surface area (Å²) >= 11 is 0. The van der Waals surface area contributed by atoms with Crippen LogP contribution in [0.15, 0.2) is 42.5 Å². The van der Waals surface area contributed by atoms with Gasteiger partial charge < -0.3 is 19.9 Å². The molecule has 6 nitrogen and oxygen atoms in total. The van der Waals surface area contributed by atoms with Gasteiger partial charge in [0, 0.05) is 57.1 Å². The van der Waals surface area contributed by atoms with Crippen LogP contribution in [0.25, 0.3) is 0 Å². The smallest absolute Gasteiger partial charge is 0.373 e. The second kappa shape index (κ2) is 10.6. The van der Waals surface area contributed by atoms with E-state index in [0.29, 0.717) is 24.3 Å². The van der Waals surface area contributed by atoms with Gasteiger partial charge in [-0.25, -0.2) is 0 Å². The molecule has 9 heteroatoms. The van der Waals surface area contributed by atoms with Crippen LogP contribution < -0.4 is 10.2 Å². The Hall–Kier alpha value is -2.62. The molecule has 0 radical (unpaired) electrons. The molecule has 2 unspecified atom stereocenters. The van der Waals surface area contributed by atoms with Gasteiger partial charge in [0.2, 0.25) is 0 Å². The number of nitrogens with zero attached hydrogens (tertiary/aromatic N) is 3. The largest absolute Gasteiger partial charge is 0.418 e. The lowest BCUT2D eigenvalue weighted by atomic mass is 10.1. The van der Waals surface area contributed by atoms with Crippen molar-refractivity contribution in [1.82, 2.24) is 9.80 Å². The summed E-state index contributed by atoms with van der Waals surface area (Å²) in [5, 5.41) is 2.47. The van der Waals surface area contributed by atoms with E-state index in [-0.39, 0.29) is 17.9 Å². The Morgan fingerprint density at radius 3 is 2.23 bits per heavy atom. The second-order valence-corrected chi connectivity index (χ2v) is 9.62. The molecule has 35 heavy (non-hydrogen) atoms. The number of morpholine rings is 1. The van der Waals surface area contributed by atoms with Gasteiger partial charge in [-0.1, -0.05) is 12.1 Å². The topological polar surface area (TPSA) is 48.1 Å². The Morgan fingerprint density at radius 1 is 1.00 bits per heavy atom. The molecule has 2 aliphatic heterocycles. The third-order valence-corrected chi connectivity index (χ3v) is 6.54. The highest BCUT2D eigenvalue weighted by atomic mass is 19.4. The molecule has 2 heterocycles. The van der Waals surface area contributed by atoms with Gasteiger partial charge in [-0.15, -0.1) is 0 Å². The van der Waals surface area contributed by atoms with E-state index in [1.54, 1.807) is 18.2 Å². The number of nitrogens with one attached hydrogen (secondary N) is 1. The predicted octanol–water partition coefficient (Wildman–Crippen LogP) is 4.32. The van der Waals surface area contributed by atoms with E-state index in [9.17, 15) is 18.0 Å². The number of ether oxygens (including phenoxy) is 1. The SMILES string of the molecule is CC1CN(Cc2ccc(C(=O)Nc3ccc(N4CCN(C)CC4)cc3C(F)(F)F)cc2)CC(C)O1. The number of hydrogen-bond donors (Lipinski definition) is 1. The fourth-order valence-corrected chi connectivity index (χ4v) is 4.76. The first-order chi connectivity index (χ1) is 16.6. The van der Waals surface area contributed by atoms with Gasteiger partial charge in [0.25, 0.3) is 5.91 Å². The van der Waals surface area contributed by atoms with Crippen molar-refractivity contribution < 1.29 is 22.7 Å². The fraction of sp³-hybridized carbons (Fsp3) is 0.500. The van der Waals surface area contributed by atoms with Crippen molar-refractivity contribution in [3.63, 3.8) is 0 Å². The average Bonchev–Trinajstić information content (AvgIpc) is 2.79. The number of alkyl halides is 3. The highest BCUT2D eigenvalue weighted by molar-refractivity contribution is 6.04. The molecule has 1 amide bonds. The molecule has 2 aromatic rings. The van der Waals surface area contributed by atoms with Crippen molar-refractivity contribution in [2.24, 2.45) is 0 Å². The van der Waals surface area contributed by atoms with E-state index >= 15 is 0 Å². The molecule has 0 saturated carbocycles. The molecule has 0 spiro atoms. The summed E-state index contributed by atoms with van der Waals surface area (Å²) in [4.78, 5) is 19.2. The molecule has 2 aromatic carbocycles. The molecule has 0 bridgehead atoms. The Balaban J connectivity index is 1.45. The third-order valence-electron chi connectivity index (χ3n) is 6.54. The third kappa shape index (κ3) is 6.54. The highest BCUT2D eigenvalue weighted by Crippen LogP contribution is 2.37. The molecular weight excluding hydrogens is 457 g/mol. The van der Waals surface area contributed by atoms with Crippen molar-refractivity contribution in [1.29, 1.82) is 0 Å². The lowest BCUT2D eigenvalue weighted by Gasteiger charge is -2.35. The number of carbonyl (C=O) groups is 1. The van der Waals surface area contributed by atoms with Crippen LogP contribution in [0.4, 0.5) is 24.5 Å². The van der Waals surface area contributed by atoms with E-state index < -0.39 is 17.6 Å². The van der Waals surface area contributed by atoms with Gasteiger partial charge in [-0.05, 0) is 56.8 Å². The number of rotatable bonds is 5. The minimum atomic E-state index is -4.58. The summed E-state index contributed by atoms with van der Waals surface area (Å²) < 4.78 is 47.3. The van der Waals surface area contributed by atoms with Crippen LogP contribution in [0.1, 0.15) is 35.3 Å². The predicted molar refractivity (Wildman–Crippen MR) is 131 cm³/mol. The number of likely N-dealkylation sites (N-methyl/N-ethyl adjacent to an activating group) is 1. The number of hydrogen-bond acceptors (Lipinski definition) is 5. The number of anilines is 2. The summed E-state index contributed by atoms with van der Waals surface area (Å²) in [7, 11) is 1.99. The zero-order valence-electron chi connectivity index (χ0n) is 20.4. The quantitative estimate of drug-likeness (QED) is 0.677. The van der Waals surface area contributed by atoms with Crippen molar-refractivity contribution in [2.45, 2.75) is 38.8 Å². The molecule has 4 rings (SSSR count). The summed E-state index contributed by atoms with van der Waals surface area (Å²) in [6.07, 6.45) is -4.26. The summed E-state index contributed by atoms with van der Waals surface area (Å²) in [5.41, 5.74) is 0.791. The minimum absolute atomic E-state index is 0.161. The molecule has 2 saturated heterocycles. The van der Waals surface area contributed by atoms with Crippen molar-refractivity contribution >= 4 is 17.3 Å².